The van der Waals surface area contributed by atoms with Crippen molar-refractivity contribution in [3.63, 3.8) is 0 Å². The van der Waals surface area contributed by atoms with Crippen molar-refractivity contribution in [1.29, 1.82) is 0 Å². The molecule has 1 N–H and O–H groups in total. The number of ether oxygens (including phenoxy) is 1. The minimum Gasteiger partial charge on any atom is -0.484 e. The molecule has 0 bridgehead atoms. The number of carbonyl (C=O) groups is 2. The average molecular weight is 360 g/mol. The van der Waals surface area contributed by atoms with Gasteiger partial charge < -0.3 is 14.7 Å². The van der Waals surface area contributed by atoms with E-state index in [1.165, 1.54) is 12.1 Å². The smallest absolute Gasteiger partial charge is 0.306 e. The van der Waals surface area contributed by atoms with Crippen molar-refractivity contribution in [2.24, 2.45) is 5.92 Å². The minimum absolute atomic E-state index is 0.182. The predicted octanol–water partition coefficient (Wildman–Crippen LogP) is 2.29. The van der Waals surface area contributed by atoms with Crippen LogP contribution in [0.15, 0.2) is 22.7 Å². The summed E-state index contributed by atoms with van der Waals surface area (Å²) in [6.07, 6.45) is 0.905. The molecule has 0 saturated carbocycles. The molecule has 0 unspecified atom stereocenters. The van der Waals surface area contributed by atoms with E-state index in [9.17, 15) is 14.0 Å². The molecular formula is C14H15BrFNO4. The second kappa shape index (κ2) is 6.89. The fourth-order valence-electron chi connectivity index (χ4n) is 2.18. The molecule has 1 aromatic carbocycles. The molecule has 114 valence electrons. The van der Waals surface area contributed by atoms with Gasteiger partial charge in [-0.05, 0) is 40.9 Å². The number of aliphatic carboxylic acids is 1. The summed E-state index contributed by atoms with van der Waals surface area (Å²) in [5.74, 6) is -1.59. The van der Waals surface area contributed by atoms with E-state index in [4.69, 9.17) is 9.84 Å². The molecule has 0 atom stereocenters. The number of amides is 1. The summed E-state index contributed by atoms with van der Waals surface area (Å²) in [5.41, 5.74) is 0. The van der Waals surface area contributed by atoms with Gasteiger partial charge in [-0.25, -0.2) is 4.39 Å². The highest BCUT2D eigenvalue weighted by Gasteiger charge is 2.27. The monoisotopic (exact) mass is 359 g/mol. The van der Waals surface area contributed by atoms with Gasteiger partial charge in [-0.1, -0.05) is 0 Å². The van der Waals surface area contributed by atoms with Gasteiger partial charge in [0.1, 0.15) is 11.6 Å². The normalized spacial score (nSPS) is 15.8. The van der Waals surface area contributed by atoms with Gasteiger partial charge in [-0.2, -0.15) is 0 Å². The number of nitrogens with zero attached hydrogens (tertiary/aromatic N) is 1. The zero-order valence-electron chi connectivity index (χ0n) is 11.2. The molecule has 1 saturated heterocycles. The Morgan fingerprint density at radius 1 is 1.38 bits per heavy atom. The number of hydrogen-bond acceptors (Lipinski definition) is 3. The van der Waals surface area contributed by atoms with E-state index in [1.54, 1.807) is 11.0 Å². The molecule has 2 rings (SSSR count). The number of carboxylic acid groups (broad SMARTS) is 1. The summed E-state index contributed by atoms with van der Waals surface area (Å²) < 4.78 is 18.9. The Labute approximate surface area is 129 Å². The maximum absolute atomic E-state index is 13.3. The molecule has 21 heavy (non-hydrogen) atoms. The lowest BCUT2D eigenvalue weighted by Crippen LogP contribution is -2.42. The van der Waals surface area contributed by atoms with E-state index in [0.717, 1.165) is 0 Å². The third-order valence-electron chi connectivity index (χ3n) is 3.45. The molecule has 1 amide bonds. The number of likely N-dealkylation sites (tertiary alicyclic amines) is 1. The van der Waals surface area contributed by atoms with Gasteiger partial charge >= 0.3 is 5.97 Å². The highest BCUT2D eigenvalue weighted by atomic mass is 79.9. The molecule has 0 radical (unpaired) electrons. The number of hydrogen-bond donors (Lipinski definition) is 1. The second-order valence-corrected chi connectivity index (χ2v) is 5.71. The maximum atomic E-state index is 13.3. The summed E-state index contributed by atoms with van der Waals surface area (Å²) in [5, 5.41) is 8.90. The lowest BCUT2D eigenvalue weighted by atomic mass is 9.97. The van der Waals surface area contributed by atoms with Gasteiger partial charge in [0.2, 0.25) is 0 Å². The molecule has 5 nitrogen and oxygen atoms in total. The van der Waals surface area contributed by atoms with E-state index in [2.05, 4.69) is 15.9 Å². The number of halogens is 2. The van der Waals surface area contributed by atoms with Gasteiger partial charge in [0.05, 0.1) is 10.4 Å². The first kappa shape index (κ1) is 15.8. The van der Waals surface area contributed by atoms with Crippen molar-refractivity contribution >= 4 is 27.8 Å². The van der Waals surface area contributed by atoms with Gasteiger partial charge in [-0.15, -0.1) is 0 Å². The van der Waals surface area contributed by atoms with Crippen LogP contribution in [0.3, 0.4) is 0 Å². The number of carbonyl (C=O) groups excluding carboxylic acids is 1. The van der Waals surface area contributed by atoms with Crippen LogP contribution < -0.4 is 4.74 Å². The molecule has 1 aliphatic rings. The molecule has 0 spiro atoms. The number of benzene rings is 1. The van der Waals surface area contributed by atoms with E-state index in [0.29, 0.717) is 30.4 Å². The van der Waals surface area contributed by atoms with Crippen molar-refractivity contribution in [2.45, 2.75) is 12.8 Å². The Morgan fingerprint density at radius 2 is 2.05 bits per heavy atom. The Kier molecular flexibility index (Phi) is 5.17. The Morgan fingerprint density at radius 3 is 2.62 bits per heavy atom. The summed E-state index contributed by atoms with van der Waals surface area (Å²) >= 11 is 3.04. The van der Waals surface area contributed by atoms with Crippen molar-refractivity contribution in [3.8, 4) is 5.75 Å². The maximum Gasteiger partial charge on any atom is 0.306 e. The number of carboxylic acids is 1. The van der Waals surface area contributed by atoms with Crippen LogP contribution in [0.2, 0.25) is 0 Å². The highest BCUT2D eigenvalue weighted by Crippen LogP contribution is 2.21. The number of piperidine rings is 1. The molecule has 1 aromatic rings. The van der Waals surface area contributed by atoms with Crippen molar-refractivity contribution in [2.75, 3.05) is 19.7 Å². The van der Waals surface area contributed by atoms with Crippen LogP contribution in [-0.2, 0) is 9.59 Å². The average Bonchev–Trinajstić information content (AvgIpc) is 2.48. The van der Waals surface area contributed by atoms with Crippen LogP contribution in [0.4, 0.5) is 4.39 Å². The van der Waals surface area contributed by atoms with Gasteiger partial charge in [0.15, 0.2) is 6.61 Å². The van der Waals surface area contributed by atoms with Gasteiger partial charge in [-0.3, -0.25) is 9.59 Å². The van der Waals surface area contributed by atoms with Crippen molar-refractivity contribution in [3.05, 3.63) is 28.5 Å². The first-order chi connectivity index (χ1) is 9.97. The first-order valence-corrected chi connectivity index (χ1v) is 7.35. The SMILES string of the molecule is O=C(O)C1CCN(C(=O)COc2ccc(Br)c(F)c2)CC1. The van der Waals surface area contributed by atoms with Crippen LogP contribution in [0.25, 0.3) is 0 Å². The van der Waals surface area contributed by atoms with Crippen LogP contribution >= 0.6 is 15.9 Å². The number of rotatable bonds is 4. The van der Waals surface area contributed by atoms with Gasteiger partial charge in [0.25, 0.3) is 5.91 Å². The van der Waals surface area contributed by atoms with Crippen molar-refractivity contribution < 1.29 is 23.8 Å². The summed E-state index contributed by atoms with van der Waals surface area (Å²) in [6, 6.07) is 4.28. The van der Waals surface area contributed by atoms with E-state index in [-0.39, 0.29) is 24.2 Å². The standard InChI is InChI=1S/C14H15BrFNO4/c15-11-2-1-10(7-12(11)16)21-8-13(18)17-5-3-9(4-6-17)14(19)20/h1-2,7,9H,3-6,8H2,(H,19,20). The zero-order valence-corrected chi connectivity index (χ0v) is 12.8. The third kappa shape index (κ3) is 4.17. The summed E-state index contributed by atoms with van der Waals surface area (Å²) in [6.45, 7) is 0.639. The van der Waals surface area contributed by atoms with Crippen LogP contribution in [0.5, 0.6) is 5.75 Å². The van der Waals surface area contributed by atoms with Crippen molar-refractivity contribution in [1.82, 2.24) is 4.90 Å². The van der Waals surface area contributed by atoms with Crippen LogP contribution in [0, 0.1) is 11.7 Å². The van der Waals surface area contributed by atoms with Crippen LogP contribution in [-0.4, -0.2) is 41.6 Å². The summed E-state index contributed by atoms with van der Waals surface area (Å²) in [7, 11) is 0. The molecule has 0 aromatic heterocycles. The second-order valence-electron chi connectivity index (χ2n) is 4.86. The third-order valence-corrected chi connectivity index (χ3v) is 4.09. The largest absolute Gasteiger partial charge is 0.484 e. The van der Waals surface area contributed by atoms with Gasteiger partial charge in [0, 0.05) is 19.2 Å². The highest BCUT2D eigenvalue weighted by molar-refractivity contribution is 9.10. The first-order valence-electron chi connectivity index (χ1n) is 6.56. The Balaban J connectivity index is 1.82. The molecule has 0 aliphatic carbocycles. The molecule has 1 fully saturated rings. The zero-order chi connectivity index (χ0) is 15.4. The predicted molar refractivity (Wildman–Crippen MR) is 76.5 cm³/mol. The molecular weight excluding hydrogens is 345 g/mol. The van der Waals surface area contributed by atoms with E-state index < -0.39 is 11.8 Å². The summed E-state index contributed by atoms with van der Waals surface area (Å²) in [4.78, 5) is 24.4. The quantitative estimate of drug-likeness (QED) is 0.895. The Hall–Kier alpha value is -1.63. The lowest BCUT2D eigenvalue weighted by molar-refractivity contribution is -0.146. The minimum atomic E-state index is -0.816. The Bertz CT molecular complexity index is 544. The lowest BCUT2D eigenvalue weighted by Gasteiger charge is -2.30. The molecule has 1 aliphatic heterocycles. The topological polar surface area (TPSA) is 66.8 Å². The fraction of sp³-hybridized carbons (Fsp3) is 0.429. The van der Waals surface area contributed by atoms with E-state index in [1.807, 2.05) is 0 Å². The fourth-order valence-corrected chi connectivity index (χ4v) is 2.43. The molecule has 7 heteroatoms. The molecule has 1 heterocycles. The van der Waals surface area contributed by atoms with E-state index >= 15 is 0 Å². The van der Waals surface area contributed by atoms with Crippen LogP contribution in [0.1, 0.15) is 12.8 Å².